The van der Waals surface area contributed by atoms with E-state index in [1.54, 1.807) is 20.4 Å². The highest BCUT2D eigenvalue weighted by molar-refractivity contribution is 6.07. The molecule has 8 heteroatoms. The predicted molar refractivity (Wildman–Crippen MR) is 119 cm³/mol. The minimum Gasteiger partial charge on any atom is -0.497 e. The van der Waals surface area contributed by atoms with E-state index in [0.717, 1.165) is 33.4 Å². The van der Waals surface area contributed by atoms with Gasteiger partial charge in [-0.25, -0.2) is 4.68 Å². The van der Waals surface area contributed by atoms with Gasteiger partial charge in [0.1, 0.15) is 23.6 Å². The summed E-state index contributed by atoms with van der Waals surface area (Å²) in [6.07, 6.45) is 2.21. The Hall–Kier alpha value is -3.81. The van der Waals surface area contributed by atoms with Gasteiger partial charge in [-0.05, 0) is 36.2 Å². The number of hydrogen-bond acceptors (Lipinski definition) is 5. The van der Waals surface area contributed by atoms with Crippen molar-refractivity contribution in [3.63, 3.8) is 0 Å². The maximum absolute atomic E-state index is 13.0. The molecule has 0 fully saturated rings. The Bertz CT molecular complexity index is 1320. The standard InChI is InChI=1S/C23H24N4O4/c1-26-19-7-5-4-6-17(19)18-13-25-27(23(29)22(18)26)14-21(28)24-11-10-15-12-16(30-2)8-9-20(15)31-3/h4-9,12-13H,10-11,14H2,1-3H3,(H,24,28). The molecule has 0 bridgehead atoms. The minimum atomic E-state index is -0.291. The molecule has 1 amide bonds. The van der Waals surface area contributed by atoms with Gasteiger partial charge in [-0.2, -0.15) is 5.10 Å². The van der Waals surface area contributed by atoms with E-state index in [2.05, 4.69) is 10.4 Å². The number of aromatic nitrogens is 3. The molecule has 0 radical (unpaired) electrons. The van der Waals surface area contributed by atoms with Crippen molar-refractivity contribution in [2.75, 3.05) is 20.8 Å². The van der Waals surface area contributed by atoms with Crippen LogP contribution in [-0.4, -0.2) is 41.0 Å². The lowest BCUT2D eigenvalue weighted by molar-refractivity contribution is -0.121. The van der Waals surface area contributed by atoms with Crippen LogP contribution in [-0.2, 0) is 24.8 Å². The van der Waals surface area contributed by atoms with Gasteiger partial charge >= 0.3 is 0 Å². The molecule has 0 spiro atoms. The van der Waals surface area contributed by atoms with Crippen molar-refractivity contribution < 1.29 is 14.3 Å². The molecule has 0 atom stereocenters. The second-order valence-corrected chi connectivity index (χ2v) is 7.22. The molecule has 2 aromatic carbocycles. The third kappa shape index (κ3) is 3.84. The van der Waals surface area contributed by atoms with Crippen molar-refractivity contribution in [2.45, 2.75) is 13.0 Å². The van der Waals surface area contributed by atoms with Crippen LogP contribution in [0.4, 0.5) is 0 Å². The van der Waals surface area contributed by atoms with Crippen LogP contribution < -0.4 is 20.3 Å². The van der Waals surface area contributed by atoms with Crippen molar-refractivity contribution in [1.29, 1.82) is 0 Å². The zero-order valence-corrected chi connectivity index (χ0v) is 17.7. The molecule has 0 aliphatic heterocycles. The third-order valence-corrected chi connectivity index (χ3v) is 5.41. The van der Waals surface area contributed by atoms with Crippen molar-refractivity contribution in [1.82, 2.24) is 19.7 Å². The SMILES string of the molecule is COc1ccc(OC)c(CCNC(=O)Cn2ncc3c4ccccc4n(C)c3c2=O)c1. The maximum Gasteiger partial charge on any atom is 0.291 e. The Balaban J connectivity index is 1.48. The van der Waals surface area contributed by atoms with Gasteiger partial charge in [0.2, 0.25) is 5.91 Å². The Morgan fingerprint density at radius 1 is 1.10 bits per heavy atom. The van der Waals surface area contributed by atoms with E-state index in [9.17, 15) is 9.59 Å². The Morgan fingerprint density at radius 2 is 1.90 bits per heavy atom. The van der Waals surface area contributed by atoms with Crippen LogP contribution in [0.3, 0.4) is 0 Å². The number of fused-ring (bicyclic) bond motifs is 3. The first kappa shape index (κ1) is 20.5. The number of methoxy groups -OCH3 is 2. The van der Waals surface area contributed by atoms with Gasteiger partial charge in [-0.1, -0.05) is 18.2 Å². The average molecular weight is 420 g/mol. The first-order valence-electron chi connectivity index (χ1n) is 9.94. The van der Waals surface area contributed by atoms with Gasteiger partial charge in [-0.15, -0.1) is 0 Å². The normalized spacial score (nSPS) is 11.1. The number of nitrogens with zero attached hydrogens (tertiary/aromatic N) is 3. The highest BCUT2D eigenvalue weighted by atomic mass is 16.5. The van der Waals surface area contributed by atoms with Crippen molar-refractivity contribution >= 4 is 27.7 Å². The van der Waals surface area contributed by atoms with Crippen LogP contribution >= 0.6 is 0 Å². The minimum absolute atomic E-state index is 0.147. The summed E-state index contributed by atoms with van der Waals surface area (Å²) < 4.78 is 13.7. The van der Waals surface area contributed by atoms with Gasteiger partial charge in [0.05, 0.1) is 20.4 Å². The lowest BCUT2D eigenvalue weighted by Gasteiger charge is -2.11. The summed E-state index contributed by atoms with van der Waals surface area (Å²) in [5, 5.41) is 8.81. The first-order valence-corrected chi connectivity index (χ1v) is 9.94. The molecular formula is C23H24N4O4. The van der Waals surface area contributed by atoms with E-state index < -0.39 is 0 Å². The smallest absolute Gasteiger partial charge is 0.291 e. The number of carbonyl (C=O) groups is 1. The number of ether oxygens (including phenoxy) is 2. The molecule has 2 heterocycles. The van der Waals surface area contributed by atoms with Crippen LogP contribution in [0, 0.1) is 0 Å². The average Bonchev–Trinajstić information content (AvgIpc) is 3.08. The van der Waals surface area contributed by atoms with Crippen molar-refractivity contribution in [3.05, 3.63) is 64.6 Å². The number of carbonyl (C=O) groups excluding carboxylic acids is 1. The third-order valence-electron chi connectivity index (χ3n) is 5.41. The molecule has 0 saturated heterocycles. The molecule has 1 N–H and O–H groups in total. The molecular weight excluding hydrogens is 396 g/mol. The lowest BCUT2D eigenvalue weighted by Crippen LogP contribution is -2.34. The second kappa shape index (κ2) is 8.51. The van der Waals surface area contributed by atoms with E-state index in [4.69, 9.17) is 9.47 Å². The Labute approximate surface area is 179 Å². The summed E-state index contributed by atoms with van der Waals surface area (Å²) >= 11 is 0. The second-order valence-electron chi connectivity index (χ2n) is 7.22. The molecule has 8 nitrogen and oxygen atoms in total. The number of hydrogen-bond donors (Lipinski definition) is 1. The van der Waals surface area contributed by atoms with Gasteiger partial charge < -0.3 is 19.4 Å². The van der Waals surface area contributed by atoms with E-state index >= 15 is 0 Å². The Morgan fingerprint density at radius 3 is 2.68 bits per heavy atom. The molecule has 0 saturated carbocycles. The maximum atomic E-state index is 13.0. The molecule has 0 aliphatic carbocycles. The summed E-state index contributed by atoms with van der Waals surface area (Å²) in [6, 6.07) is 13.3. The van der Waals surface area contributed by atoms with Crippen molar-refractivity contribution in [3.8, 4) is 11.5 Å². The first-order chi connectivity index (χ1) is 15.0. The van der Waals surface area contributed by atoms with Crippen LogP contribution in [0.15, 0.2) is 53.5 Å². The summed E-state index contributed by atoms with van der Waals surface area (Å²) in [5.41, 5.74) is 2.12. The fourth-order valence-electron chi connectivity index (χ4n) is 3.83. The number of benzene rings is 2. The fourth-order valence-corrected chi connectivity index (χ4v) is 3.83. The lowest BCUT2D eigenvalue weighted by atomic mass is 10.1. The number of aryl methyl sites for hydroxylation is 1. The van der Waals surface area contributed by atoms with E-state index in [1.807, 2.05) is 54.1 Å². The van der Waals surface area contributed by atoms with Gasteiger partial charge in [0, 0.05) is 29.9 Å². The topological polar surface area (TPSA) is 87.4 Å². The number of amides is 1. The highest BCUT2D eigenvalue weighted by Crippen LogP contribution is 2.25. The quantitative estimate of drug-likeness (QED) is 0.496. The zero-order valence-electron chi connectivity index (χ0n) is 17.7. The molecule has 0 unspecified atom stereocenters. The monoisotopic (exact) mass is 420 g/mol. The summed E-state index contributed by atoms with van der Waals surface area (Å²) in [6.45, 7) is 0.249. The van der Waals surface area contributed by atoms with Crippen LogP contribution in [0.2, 0.25) is 0 Å². The van der Waals surface area contributed by atoms with Crippen LogP contribution in [0.5, 0.6) is 11.5 Å². The van der Waals surface area contributed by atoms with E-state index in [0.29, 0.717) is 18.5 Å². The molecule has 0 aliphatic rings. The largest absolute Gasteiger partial charge is 0.497 e. The zero-order chi connectivity index (χ0) is 22.0. The summed E-state index contributed by atoms with van der Waals surface area (Å²) in [5.74, 6) is 1.17. The number of rotatable bonds is 7. The molecule has 160 valence electrons. The molecule has 31 heavy (non-hydrogen) atoms. The van der Waals surface area contributed by atoms with Gasteiger partial charge in [-0.3, -0.25) is 9.59 Å². The summed E-state index contributed by atoms with van der Waals surface area (Å²) in [4.78, 5) is 25.4. The highest BCUT2D eigenvalue weighted by Gasteiger charge is 2.15. The van der Waals surface area contributed by atoms with E-state index in [-0.39, 0.29) is 18.0 Å². The predicted octanol–water partition coefficient (Wildman–Crippen LogP) is 2.26. The fraction of sp³-hybridized carbons (Fsp3) is 0.261. The number of para-hydroxylation sites is 1. The van der Waals surface area contributed by atoms with Crippen molar-refractivity contribution in [2.24, 2.45) is 7.05 Å². The van der Waals surface area contributed by atoms with Gasteiger partial charge in [0.15, 0.2) is 0 Å². The summed E-state index contributed by atoms with van der Waals surface area (Å²) in [7, 11) is 5.05. The molecule has 4 aromatic rings. The van der Waals surface area contributed by atoms with Crippen LogP contribution in [0.25, 0.3) is 21.8 Å². The molecule has 4 rings (SSSR count). The van der Waals surface area contributed by atoms with Gasteiger partial charge in [0.25, 0.3) is 5.56 Å². The van der Waals surface area contributed by atoms with E-state index in [1.165, 1.54) is 4.68 Å². The molecule has 2 aromatic heterocycles. The number of nitrogens with one attached hydrogen (secondary N) is 1. The van der Waals surface area contributed by atoms with Crippen LogP contribution in [0.1, 0.15) is 5.56 Å². The Kier molecular flexibility index (Phi) is 5.62.